The summed E-state index contributed by atoms with van der Waals surface area (Å²) < 4.78 is 20.7. The predicted octanol–water partition coefficient (Wildman–Crippen LogP) is 3.94. The Labute approximate surface area is 156 Å². The quantitative estimate of drug-likeness (QED) is 0.482. The number of hydrogen-bond donors (Lipinski definition) is 0. The maximum atomic E-state index is 11.9. The molecule has 0 atom stereocenters. The second-order valence-corrected chi connectivity index (χ2v) is 6.39. The van der Waals surface area contributed by atoms with E-state index in [1.54, 1.807) is 18.2 Å². The molecule has 0 saturated heterocycles. The first kappa shape index (κ1) is 16.6. The number of halogens is 1. The van der Waals surface area contributed by atoms with Crippen molar-refractivity contribution in [3.8, 4) is 22.9 Å². The van der Waals surface area contributed by atoms with Gasteiger partial charge in [0, 0.05) is 17.0 Å². The summed E-state index contributed by atoms with van der Waals surface area (Å²) in [5.74, 6) is 1.18. The van der Waals surface area contributed by atoms with E-state index in [2.05, 4.69) is 10.1 Å². The van der Waals surface area contributed by atoms with Crippen LogP contribution in [0.2, 0.25) is 5.02 Å². The Hall–Kier alpha value is -2.84. The Bertz CT molecular complexity index is 968. The fourth-order valence-corrected chi connectivity index (χ4v) is 3.16. The van der Waals surface area contributed by atoms with Crippen LogP contribution in [0.15, 0.2) is 39.6 Å². The minimum Gasteiger partial charge on any atom is -0.454 e. The van der Waals surface area contributed by atoms with E-state index in [9.17, 15) is 4.79 Å². The molecule has 1 aliphatic heterocycles. The molecular weight excluding hydrogens is 380 g/mol. The van der Waals surface area contributed by atoms with Gasteiger partial charge in [0.05, 0.1) is 5.02 Å². The predicted molar refractivity (Wildman–Crippen MR) is 94.0 cm³/mol. The highest BCUT2D eigenvalue weighted by atomic mass is 35.5. The van der Waals surface area contributed by atoms with Gasteiger partial charge in [-0.1, -0.05) is 16.8 Å². The summed E-state index contributed by atoms with van der Waals surface area (Å²) >= 11 is 7.63. The maximum Gasteiger partial charge on any atom is 0.331 e. The Morgan fingerprint density at radius 3 is 3.15 bits per heavy atom. The van der Waals surface area contributed by atoms with Crippen LogP contribution >= 0.6 is 22.9 Å². The number of hydrogen-bond acceptors (Lipinski definition) is 8. The smallest absolute Gasteiger partial charge is 0.331 e. The fourth-order valence-electron chi connectivity index (χ4n) is 2.25. The lowest BCUT2D eigenvalue weighted by molar-refractivity contribution is -0.139. The van der Waals surface area contributed by atoms with Gasteiger partial charge in [-0.3, -0.25) is 0 Å². The molecule has 1 aromatic carbocycles. The van der Waals surface area contributed by atoms with Crippen molar-refractivity contribution in [3.63, 3.8) is 0 Å². The molecule has 9 heteroatoms. The van der Waals surface area contributed by atoms with Crippen LogP contribution < -0.4 is 9.47 Å². The van der Waals surface area contributed by atoms with E-state index in [4.69, 9.17) is 30.3 Å². The molecular formula is C17H11ClN2O5S. The first-order chi connectivity index (χ1) is 12.7. The highest BCUT2D eigenvalue weighted by molar-refractivity contribution is 7.08. The number of rotatable bonds is 5. The Morgan fingerprint density at radius 2 is 2.31 bits per heavy atom. The van der Waals surface area contributed by atoms with Gasteiger partial charge in [-0.2, -0.15) is 16.3 Å². The van der Waals surface area contributed by atoms with Crippen LogP contribution in [-0.4, -0.2) is 22.9 Å². The molecule has 0 spiro atoms. The van der Waals surface area contributed by atoms with E-state index >= 15 is 0 Å². The molecule has 3 aromatic rings. The lowest BCUT2D eigenvalue weighted by Crippen LogP contribution is -2.00. The van der Waals surface area contributed by atoms with E-state index in [-0.39, 0.29) is 19.3 Å². The first-order valence-electron chi connectivity index (χ1n) is 7.48. The number of nitrogens with zero attached hydrogens (tertiary/aromatic N) is 2. The lowest BCUT2D eigenvalue weighted by Gasteiger charge is -2.01. The third-order valence-corrected chi connectivity index (χ3v) is 4.41. The number of aromatic nitrogens is 2. The normalized spacial score (nSPS) is 12.7. The number of ether oxygens (including phenoxy) is 3. The zero-order valence-electron chi connectivity index (χ0n) is 13.2. The van der Waals surface area contributed by atoms with Crippen molar-refractivity contribution in [2.24, 2.45) is 0 Å². The van der Waals surface area contributed by atoms with Crippen molar-refractivity contribution >= 4 is 35.0 Å². The molecule has 3 heterocycles. The number of benzene rings is 1. The topological polar surface area (TPSA) is 83.7 Å². The van der Waals surface area contributed by atoms with Gasteiger partial charge in [0.1, 0.15) is 0 Å². The van der Waals surface area contributed by atoms with E-state index in [0.717, 1.165) is 5.56 Å². The minimum atomic E-state index is -0.547. The Kier molecular flexibility index (Phi) is 4.59. The summed E-state index contributed by atoms with van der Waals surface area (Å²) in [6, 6.07) is 5.28. The zero-order valence-corrected chi connectivity index (χ0v) is 14.7. The first-order valence-corrected chi connectivity index (χ1v) is 8.80. The van der Waals surface area contributed by atoms with Crippen molar-refractivity contribution in [2.45, 2.75) is 6.61 Å². The summed E-state index contributed by atoms with van der Waals surface area (Å²) in [6.45, 7) is 0.0179. The van der Waals surface area contributed by atoms with Gasteiger partial charge in [-0.05, 0) is 35.2 Å². The van der Waals surface area contributed by atoms with E-state index in [1.165, 1.54) is 17.4 Å². The Balaban J connectivity index is 1.36. The van der Waals surface area contributed by atoms with Crippen molar-refractivity contribution in [1.29, 1.82) is 0 Å². The van der Waals surface area contributed by atoms with Gasteiger partial charge in [0.15, 0.2) is 18.1 Å². The van der Waals surface area contributed by atoms with Crippen LogP contribution in [0, 0.1) is 0 Å². The van der Waals surface area contributed by atoms with Gasteiger partial charge >= 0.3 is 5.97 Å². The van der Waals surface area contributed by atoms with Crippen LogP contribution in [0.3, 0.4) is 0 Å². The molecule has 0 amide bonds. The van der Waals surface area contributed by atoms with Crippen LogP contribution in [0.25, 0.3) is 17.5 Å². The molecule has 0 unspecified atom stereocenters. The average molecular weight is 391 g/mol. The molecule has 0 bridgehead atoms. The number of carbonyl (C=O) groups is 1. The molecule has 0 saturated carbocycles. The average Bonchev–Trinajstić information content (AvgIpc) is 3.38. The zero-order chi connectivity index (χ0) is 17.9. The SMILES string of the molecule is O=C(/C=C/c1cc(Cl)c2c(c1)OCO2)OCc1nc(-c2ccsc2)no1. The van der Waals surface area contributed by atoms with E-state index in [0.29, 0.717) is 27.9 Å². The summed E-state index contributed by atoms with van der Waals surface area (Å²) in [6.07, 6.45) is 2.85. The Morgan fingerprint density at radius 1 is 1.38 bits per heavy atom. The number of carbonyl (C=O) groups excluding carboxylic acids is 1. The van der Waals surface area contributed by atoms with E-state index in [1.807, 2.05) is 16.8 Å². The molecule has 132 valence electrons. The highest BCUT2D eigenvalue weighted by Crippen LogP contribution is 2.40. The van der Waals surface area contributed by atoms with Crippen LogP contribution in [-0.2, 0) is 16.1 Å². The molecule has 4 rings (SSSR count). The lowest BCUT2D eigenvalue weighted by atomic mass is 10.2. The largest absolute Gasteiger partial charge is 0.454 e. The minimum absolute atomic E-state index is 0.109. The number of fused-ring (bicyclic) bond motifs is 1. The molecule has 0 fully saturated rings. The van der Waals surface area contributed by atoms with Crippen molar-refractivity contribution in [3.05, 3.63) is 51.5 Å². The van der Waals surface area contributed by atoms with Crippen molar-refractivity contribution in [1.82, 2.24) is 10.1 Å². The van der Waals surface area contributed by atoms with Crippen LogP contribution in [0.1, 0.15) is 11.5 Å². The third-order valence-electron chi connectivity index (χ3n) is 3.45. The monoisotopic (exact) mass is 390 g/mol. The molecule has 7 nitrogen and oxygen atoms in total. The molecule has 1 aliphatic rings. The highest BCUT2D eigenvalue weighted by Gasteiger charge is 2.17. The molecule has 26 heavy (non-hydrogen) atoms. The fraction of sp³-hybridized carbons (Fsp3) is 0.118. The maximum absolute atomic E-state index is 11.9. The van der Waals surface area contributed by atoms with Crippen molar-refractivity contribution in [2.75, 3.05) is 6.79 Å². The van der Waals surface area contributed by atoms with Crippen LogP contribution in [0.5, 0.6) is 11.5 Å². The summed E-state index contributed by atoms with van der Waals surface area (Å²) in [5.41, 5.74) is 1.55. The number of esters is 1. The van der Waals surface area contributed by atoms with E-state index < -0.39 is 5.97 Å². The summed E-state index contributed by atoms with van der Waals surface area (Å²) in [7, 11) is 0. The van der Waals surface area contributed by atoms with Gasteiger partial charge in [-0.25, -0.2) is 4.79 Å². The molecule has 0 radical (unpaired) electrons. The van der Waals surface area contributed by atoms with Gasteiger partial charge in [0.25, 0.3) is 5.89 Å². The van der Waals surface area contributed by atoms with Gasteiger partial charge in [0.2, 0.25) is 12.6 Å². The molecule has 2 aromatic heterocycles. The molecule has 0 N–H and O–H groups in total. The van der Waals surface area contributed by atoms with Crippen molar-refractivity contribution < 1.29 is 23.5 Å². The number of thiophene rings is 1. The molecule has 0 aliphatic carbocycles. The second-order valence-electron chi connectivity index (χ2n) is 5.20. The van der Waals surface area contributed by atoms with Crippen LogP contribution in [0.4, 0.5) is 0 Å². The third kappa shape index (κ3) is 3.56. The van der Waals surface area contributed by atoms with Gasteiger partial charge < -0.3 is 18.7 Å². The standard InChI is InChI=1S/C17H11ClN2O5S/c18-12-5-10(6-13-16(12)24-9-23-13)1-2-15(21)22-7-14-19-17(20-25-14)11-3-4-26-8-11/h1-6,8H,7,9H2/b2-1+. The summed E-state index contributed by atoms with van der Waals surface area (Å²) in [5, 5.41) is 8.08. The van der Waals surface area contributed by atoms with Gasteiger partial charge in [-0.15, -0.1) is 0 Å². The second kappa shape index (κ2) is 7.19. The summed E-state index contributed by atoms with van der Waals surface area (Å²) in [4.78, 5) is 16.0.